The maximum absolute atomic E-state index is 11.9. The quantitative estimate of drug-likeness (QED) is 0.706. The van der Waals surface area contributed by atoms with Crippen LogP contribution in [0.3, 0.4) is 0 Å². The van der Waals surface area contributed by atoms with Gasteiger partial charge in [0.25, 0.3) is 5.56 Å². The average molecular weight is 233 g/mol. The summed E-state index contributed by atoms with van der Waals surface area (Å²) in [5.41, 5.74) is 0.202. The number of esters is 1. The zero-order valence-electron chi connectivity index (χ0n) is 9.51. The van der Waals surface area contributed by atoms with Crippen LogP contribution in [-0.2, 0) is 11.8 Å². The lowest BCUT2D eigenvalue weighted by Gasteiger charge is -2.05. The van der Waals surface area contributed by atoms with Crippen molar-refractivity contribution in [2.45, 2.75) is 6.92 Å². The zero-order chi connectivity index (χ0) is 12.4. The summed E-state index contributed by atoms with van der Waals surface area (Å²) in [4.78, 5) is 31.4. The van der Waals surface area contributed by atoms with Gasteiger partial charge < -0.3 is 4.74 Å². The number of hydrogen-bond donors (Lipinski definition) is 0. The Morgan fingerprint density at radius 2 is 2.29 bits per heavy atom. The monoisotopic (exact) mass is 233 g/mol. The van der Waals surface area contributed by atoms with E-state index in [1.165, 1.54) is 4.57 Å². The molecule has 0 aliphatic heterocycles. The summed E-state index contributed by atoms with van der Waals surface area (Å²) in [7, 11) is 1.54. The van der Waals surface area contributed by atoms with E-state index in [4.69, 9.17) is 4.74 Å². The van der Waals surface area contributed by atoms with Crippen LogP contribution in [-0.4, -0.2) is 27.1 Å². The summed E-state index contributed by atoms with van der Waals surface area (Å²) in [5.74, 6) is -0.709. The molecule has 0 spiro atoms. The molecule has 0 aliphatic carbocycles. The van der Waals surface area contributed by atoms with Crippen LogP contribution in [0, 0.1) is 0 Å². The van der Waals surface area contributed by atoms with Gasteiger partial charge in [0.1, 0.15) is 5.52 Å². The van der Waals surface area contributed by atoms with Crippen molar-refractivity contribution in [3.8, 4) is 0 Å². The topological polar surface area (TPSA) is 74.1 Å². The minimum Gasteiger partial charge on any atom is -0.461 e. The van der Waals surface area contributed by atoms with Gasteiger partial charge in [-0.3, -0.25) is 9.36 Å². The first-order chi connectivity index (χ1) is 8.15. The molecule has 0 atom stereocenters. The summed E-state index contributed by atoms with van der Waals surface area (Å²) >= 11 is 0. The van der Waals surface area contributed by atoms with Crippen molar-refractivity contribution in [3.63, 3.8) is 0 Å². The van der Waals surface area contributed by atoms with Crippen LogP contribution in [0.25, 0.3) is 11.2 Å². The third kappa shape index (κ3) is 1.89. The highest BCUT2D eigenvalue weighted by molar-refractivity contribution is 5.88. The Hall–Kier alpha value is -2.24. The number of hydrogen-bond acceptors (Lipinski definition) is 5. The highest BCUT2D eigenvalue weighted by Gasteiger charge is 2.17. The smallest absolute Gasteiger partial charge is 0.362 e. The van der Waals surface area contributed by atoms with E-state index in [0.29, 0.717) is 11.2 Å². The van der Waals surface area contributed by atoms with Crippen LogP contribution in [0.5, 0.6) is 0 Å². The third-order valence-electron chi connectivity index (χ3n) is 2.29. The molecule has 0 amide bonds. The van der Waals surface area contributed by atoms with Gasteiger partial charge in [-0.05, 0) is 19.1 Å². The van der Waals surface area contributed by atoms with Crippen molar-refractivity contribution in [1.82, 2.24) is 14.5 Å². The Morgan fingerprint density at radius 3 is 3.00 bits per heavy atom. The van der Waals surface area contributed by atoms with Crippen LogP contribution in [0.15, 0.2) is 23.1 Å². The summed E-state index contributed by atoms with van der Waals surface area (Å²) in [5, 5.41) is 0. The second-order valence-electron chi connectivity index (χ2n) is 3.39. The molecule has 0 aromatic carbocycles. The molecule has 0 radical (unpaired) electrons. The van der Waals surface area contributed by atoms with E-state index in [0.717, 1.165) is 0 Å². The molecule has 6 nitrogen and oxygen atoms in total. The van der Waals surface area contributed by atoms with Crippen molar-refractivity contribution in [2.24, 2.45) is 7.05 Å². The number of pyridine rings is 1. The highest BCUT2D eigenvalue weighted by atomic mass is 16.5. The van der Waals surface area contributed by atoms with E-state index in [2.05, 4.69) is 9.97 Å². The molecule has 2 aromatic heterocycles. The van der Waals surface area contributed by atoms with Crippen LogP contribution in [0.1, 0.15) is 17.4 Å². The minimum absolute atomic E-state index is 0.203. The van der Waals surface area contributed by atoms with E-state index in [1.54, 1.807) is 32.3 Å². The van der Waals surface area contributed by atoms with Crippen molar-refractivity contribution in [3.05, 3.63) is 34.4 Å². The van der Waals surface area contributed by atoms with Gasteiger partial charge in [0.2, 0.25) is 5.69 Å². The van der Waals surface area contributed by atoms with Gasteiger partial charge in [-0.1, -0.05) is 0 Å². The van der Waals surface area contributed by atoms with E-state index in [-0.39, 0.29) is 12.3 Å². The van der Waals surface area contributed by atoms with E-state index in [9.17, 15) is 9.59 Å². The standard InChI is InChI=1S/C11H11N3O3/c1-3-17-11(16)8-10(15)14(2)9-7(13-8)5-4-6-12-9/h4-6H,3H2,1-2H3. The first-order valence-electron chi connectivity index (χ1n) is 5.14. The van der Waals surface area contributed by atoms with Crippen molar-refractivity contribution >= 4 is 17.1 Å². The molecule has 2 rings (SSSR count). The third-order valence-corrected chi connectivity index (χ3v) is 2.29. The maximum atomic E-state index is 11.9. The molecule has 2 heterocycles. The first kappa shape index (κ1) is 11.3. The van der Waals surface area contributed by atoms with Gasteiger partial charge in [-0.2, -0.15) is 0 Å². The minimum atomic E-state index is -0.709. The molecular formula is C11H11N3O3. The highest BCUT2D eigenvalue weighted by Crippen LogP contribution is 2.05. The van der Waals surface area contributed by atoms with Crippen LogP contribution < -0.4 is 5.56 Å². The maximum Gasteiger partial charge on any atom is 0.362 e. The summed E-state index contributed by atoms with van der Waals surface area (Å²) in [6.45, 7) is 1.87. The molecule has 0 aliphatic rings. The Bertz CT molecular complexity index is 633. The zero-order valence-corrected chi connectivity index (χ0v) is 9.51. The Labute approximate surface area is 96.9 Å². The molecular weight excluding hydrogens is 222 g/mol. The van der Waals surface area contributed by atoms with Crippen molar-refractivity contribution in [2.75, 3.05) is 6.61 Å². The SMILES string of the molecule is CCOC(=O)c1nc2cccnc2n(C)c1=O. The normalized spacial score (nSPS) is 10.5. The van der Waals surface area contributed by atoms with Gasteiger partial charge in [0, 0.05) is 13.2 Å². The average Bonchev–Trinajstić information content (AvgIpc) is 2.34. The van der Waals surface area contributed by atoms with Gasteiger partial charge in [-0.25, -0.2) is 14.8 Å². The molecule has 0 saturated carbocycles. The predicted molar refractivity (Wildman–Crippen MR) is 60.7 cm³/mol. The summed E-state index contributed by atoms with van der Waals surface area (Å²) in [6, 6.07) is 3.37. The molecule has 0 unspecified atom stereocenters. The Kier molecular flexibility index (Phi) is 2.86. The largest absolute Gasteiger partial charge is 0.461 e. The molecule has 0 saturated heterocycles. The second-order valence-corrected chi connectivity index (χ2v) is 3.39. The molecule has 0 N–H and O–H groups in total. The molecule has 0 bridgehead atoms. The fourth-order valence-electron chi connectivity index (χ4n) is 1.49. The van der Waals surface area contributed by atoms with Gasteiger partial charge in [0.15, 0.2) is 5.65 Å². The molecule has 0 fully saturated rings. The number of nitrogens with zero attached hydrogens (tertiary/aromatic N) is 3. The predicted octanol–water partition coefficient (Wildman–Crippen LogP) is 0.505. The van der Waals surface area contributed by atoms with Gasteiger partial charge in [0.05, 0.1) is 6.61 Å². The number of aryl methyl sites for hydroxylation is 1. The van der Waals surface area contributed by atoms with E-state index < -0.39 is 11.5 Å². The molecule has 17 heavy (non-hydrogen) atoms. The second kappa shape index (κ2) is 4.32. The molecule has 88 valence electrons. The number of ether oxygens (including phenoxy) is 1. The van der Waals surface area contributed by atoms with Gasteiger partial charge in [-0.15, -0.1) is 0 Å². The van der Waals surface area contributed by atoms with Crippen LogP contribution in [0.4, 0.5) is 0 Å². The number of carbonyl (C=O) groups excluding carboxylic acids is 1. The fraction of sp³-hybridized carbons (Fsp3) is 0.273. The van der Waals surface area contributed by atoms with Crippen LogP contribution >= 0.6 is 0 Å². The summed E-state index contributed by atoms with van der Waals surface area (Å²) in [6.07, 6.45) is 1.56. The molecule has 2 aromatic rings. The fourth-order valence-corrected chi connectivity index (χ4v) is 1.49. The number of carbonyl (C=O) groups is 1. The van der Waals surface area contributed by atoms with E-state index >= 15 is 0 Å². The first-order valence-corrected chi connectivity index (χ1v) is 5.14. The molecule has 6 heteroatoms. The number of fused-ring (bicyclic) bond motifs is 1. The van der Waals surface area contributed by atoms with Crippen molar-refractivity contribution in [1.29, 1.82) is 0 Å². The number of aromatic nitrogens is 3. The number of rotatable bonds is 2. The lowest BCUT2D eigenvalue weighted by molar-refractivity contribution is 0.0517. The lowest BCUT2D eigenvalue weighted by Crippen LogP contribution is -2.28. The van der Waals surface area contributed by atoms with Crippen molar-refractivity contribution < 1.29 is 9.53 Å². The Morgan fingerprint density at radius 1 is 1.53 bits per heavy atom. The van der Waals surface area contributed by atoms with Gasteiger partial charge >= 0.3 is 5.97 Å². The summed E-state index contributed by atoms with van der Waals surface area (Å²) < 4.78 is 6.06. The lowest BCUT2D eigenvalue weighted by atomic mass is 10.3. The van der Waals surface area contributed by atoms with E-state index in [1.807, 2.05) is 0 Å². The Balaban J connectivity index is 2.70. The van der Waals surface area contributed by atoms with Crippen LogP contribution in [0.2, 0.25) is 0 Å².